The molecule has 1 aromatic heterocycles. The first-order chi connectivity index (χ1) is 16.9. The topological polar surface area (TPSA) is 42.5 Å². The van der Waals surface area contributed by atoms with E-state index in [2.05, 4.69) is 82.1 Å². The second kappa shape index (κ2) is 9.58. The van der Waals surface area contributed by atoms with Crippen molar-refractivity contribution in [2.75, 3.05) is 11.4 Å². The second-order valence-corrected chi connectivity index (χ2v) is 11.1. The number of benzene rings is 2. The van der Waals surface area contributed by atoms with Gasteiger partial charge < -0.3 is 9.47 Å². The Balaban J connectivity index is 1.75. The van der Waals surface area contributed by atoms with Crippen LogP contribution >= 0.6 is 0 Å². The van der Waals surface area contributed by atoms with Gasteiger partial charge in [-0.15, -0.1) is 0 Å². The van der Waals surface area contributed by atoms with E-state index in [1.54, 1.807) is 0 Å². The first-order valence-corrected chi connectivity index (χ1v) is 12.9. The zero-order valence-corrected chi connectivity index (χ0v) is 23.0. The lowest BCUT2D eigenvalue weighted by atomic mass is 9.85. The summed E-state index contributed by atoms with van der Waals surface area (Å²) in [6, 6.07) is 10.5. The molecule has 4 rings (SSSR count). The highest BCUT2D eigenvalue weighted by Gasteiger charge is 2.32. The normalized spacial score (nSPS) is 16.4. The number of carbonyl (C=O) groups excluding carboxylic acids is 1. The third-order valence-electron chi connectivity index (χ3n) is 7.76. The van der Waals surface area contributed by atoms with E-state index < -0.39 is 0 Å². The van der Waals surface area contributed by atoms with Crippen LogP contribution in [-0.2, 0) is 16.8 Å². The number of piperidine rings is 1. The maximum absolute atomic E-state index is 12.8. The van der Waals surface area contributed by atoms with Gasteiger partial charge in [0.1, 0.15) is 5.82 Å². The Morgan fingerprint density at radius 3 is 2.31 bits per heavy atom. The van der Waals surface area contributed by atoms with Gasteiger partial charge in [0, 0.05) is 30.8 Å². The zero-order valence-electron chi connectivity index (χ0n) is 23.0. The minimum Gasteiger partial charge on any atom is -0.322 e. The molecule has 1 aliphatic heterocycles. The molecule has 1 saturated heterocycles. The molecule has 0 bridgehead atoms. The van der Waals surface area contributed by atoms with Gasteiger partial charge in [-0.05, 0) is 101 Å². The largest absolute Gasteiger partial charge is 0.322 e. The first-order valence-electron chi connectivity index (χ1n) is 12.9. The molecule has 5 heteroatoms. The molecule has 188 valence electrons. The van der Waals surface area contributed by atoms with E-state index in [-0.39, 0.29) is 11.4 Å². The van der Waals surface area contributed by atoms with E-state index in [0.717, 1.165) is 42.2 Å². The molecule has 0 spiro atoms. The standard InChI is InChI=1S/C31H38N4O/c1-19-12-13-34(29(36)14-19)26-16-21(3)30(22(4)17-26)31(7,8)35-24(6)33-23(5)28(35)18-25-10-11-27(32-9)20(2)15-25/h10-11,15-17,19H,12-14,18H2,1-8H3. The quantitative estimate of drug-likeness (QED) is 0.364. The van der Waals surface area contributed by atoms with E-state index in [1.165, 1.54) is 27.9 Å². The van der Waals surface area contributed by atoms with Crippen molar-refractivity contribution >= 4 is 17.3 Å². The number of nitrogens with zero attached hydrogens (tertiary/aromatic N) is 4. The Morgan fingerprint density at radius 1 is 1.06 bits per heavy atom. The van der Waals surface area contributed by atoms with E-state index in [4.69, 9.17) is 11.6 Å². The predicted molar refractivity (Wildman–Crippen MR) is 147 cm³/mol. The Morgan fingerprint density at radius 2 is 1.72 bits per heavy atom. The summed E-state index contributed by atoms with van der Waals surface area (Å²) in [5.41, 5.74) is 9.44. The van der Waals surface area contributed by atoms with Crippen molar-refractivity contribution in [2.24, 2.45) is 5.92 Å². The van der Waals surface area contributed by atoms with Gasteiger partial charge in [-0.3, -0.25) is 4.79 Å². The van der Waals surface area contributed by atoms with Crippen molar-refractivity contribution < 1.29 is 4.79 Å². The smallest absolute Gasteiger partial charge is 0.227 e. The van der Waals surface area contributed by atoms with Gasteiger partial charge in [-0.1, -0.05) is 25.1 Å². The lowest BCUT2D eigenvalue weighted by Crippen LogP contribution is -2.38. The van der Waals surface area contributed by atoms with Gasteiger partial charge in [0.25, 0.3) is 0 Å². The molecule has 0 saturated carbocycles. The number of hydrogen-bond acceptors (Lipinski definition) is 2. The molecular weight excluding hydrogens is 444 g/mol. The second-order valence-electron chi connectivity index (χ2n) is 11.1. The highest BCUT2D eigenvalue weighted by atomic mass is 16.2. The third-order valence-corrected chi connectivity index (χ3v) is 7.76. The van der Waals surface area contributed by atoms with E-state index in [1.807, 2.05) is 17.9 Å². The van der Waals surface area contributed by atoms with Crippen LogP contribution in [0.5, 0.6) is 0 Å². The van der Waals surface area contributed by atoms with E-state index in [9.17, 15) is 4.79 Å². The van der Waals surface area contributed by atoms with Crippen molar-refractivity contribution in [3.05, 3.63) is 86.8 Å². The molecule has 2 heterocycles. The number of imidazole rings is 1. The monoisotopic (exact) mass is 482 g/mol. The van der Waals surface area contributed by atoms with Crippen LogP contribution in [0.1, 0.15) is 78.6 Å². The molecule has 1 fully saturated rings. The van der Waals surface area contributed by atoms with Crippen molar-refractivity contribution in [1.29, 1.82) is 0 Å². The van der Waals surface area contributed by atoms with Crippen LogP contribution in [0.25, 0.3) is 4.85 Å². The molecule has 0 aliphatic carbocycles. The van der Waals surface area contributed by atoms with E-state index >= 15 is 0 Å². The van der Waals surface area contributed by atoms with Gasteiger partial charge in [-0.25, -0.2) is 9.83 Å². The van der Waals surface area contributed by atoms with Gasteiger partial charge >= 0.3 is 0 Å². The number of rotatable bonds is 5. The van der Waals surface area contributed by atoms with Crippen LogP contribution in [0.2, 0.25) is 0 Å². The number of aromatic nitrogens is 2. The predicted octanol–water partition coefficient (Wildman–Crippen LogP) is 7.11. The Bertz CT molecular complexity index is 1350. The lowest BCUT2D eigenvalue weighted by molar-refractivity contribution is -0.120. The minimum absolute atomic E-state index is 0.224. The van der Waals surface area contributed by atoms with Crippen molar-refractivity contribution in [3.63, 3.8) is 0 Å². The highest BCUT2D eigenvalue weighted by Crippen LogP contribution is 2.38. The van der Waals surface area contributed by atoms with Crippen LogP contribution in [-0.4, -0.2) is 22.0 Å². The number of anilines is 1. The van der Waals surface area contributed by atoms with Crippen molar-refractivity contribution in [2.45, 2.75) is 80.2 Å². The van der Waals surface area contributed by atoms with Crippen LogP contribution < -0.4 is 4.90 Å². The third kappa shape index (κ3) is 4.57. The van der Waals surface area contributed by atoms with Crippen LogP contribution in [0.15, 0.2) is 30.3 Å². The molecule has 1 unspecified atom stereocenters. The number of hydrogen-bond donors (Lipinski definition) is 0. The fraction of sp³-hybridized carbons (Fsp3) is 0.452. The molecule has 5 nitrogen and oxygen atoms in total. The molecule has 36 heavy (non-hydrogen) atoms. The average molecular weight is 483 g/mol. The molecule has 3 aromatic rings. The Kier molecular flexibility index (Phi) is 6.84. The summed E-state index contributed by atoms with van der Waals surface area (Å²) in [6.45, 7) is 25.3. The molecule has 1 atom stereocenters. The fourth-order valence-electron chi connectivity index (χ4n) is 6.24. The lowest BCUT2D eigenvalue weighted by Gasteiger charge is -2.36. The first kappa shape index (κ1) is 25.7. The van der Waals surface area contributed by atoms with Gasteiger partial charge in [-0.2, -0.15) is 0 Å². The number of amides is 1. The van der Waals surface area contributed by atoms with Gasteiger partial charge in [0.2, 0.25) is 5.91 Å². The fourth-order valence-corrected chi connectivity index (χ4v) is 6.24. The summed E-state index contributed by atoms with van der Waals surface area (Å²) < 4.78 is 2.38. The SMILES string of the molecule is [C-]#[N+]c1ccc(Cc2c(C)nc(C)n2C(C)(C)c2c(C)cc(N3CCC(C)CC3=O)cc2C)cc1C. The maximum Gasteiger partial charge on any atom is 0.227 e. The molecule has 0 N–H and O–H groups in total. The maximum atomic E-state index is 12.8. The molecule has 0 radical (unpaired) electrons. The Labute approximate surface area is 216 Å². The van der Waals surface area contributed by atoms with E-state index in [0.29, 0.717) is 18.0 Å². The van der Waals surface area contributed by atoms with Crippen LogP contribution in [0.4, 0.5) is 11.4 Å². The highest BCUT2D eigenvalue weighted by molar-refractivity contribution is 5.94. The van der Waals surface area contributed by atoms with Crippen molar-refractivity contribution in [3.8, 4) is 0 Å². The Hall–Kier alpha value is -3.39. The summed E-state index contributed by atoms with van der Waals surface area (Å²) in [7, 11) is 0. The van der Waals surface area contributed by atoms with Gasteiger partial charge in [0.15, 0.2) is 5.69 Å². The summed E-state index contributed by atoms with van der Waals surface area (Å²) in [5.74, 6) is 1.67. The van der Waals surface area contributed by atoms with Gasteiger partial charge in [0.05, 0.1) is 17.8 Å². The average Bonchev–Trinajstić information content (AvgIpc) is 3.06. The number of carbonyl (C=O) groups is 1. The molecule has 2 aromatic carbocycles. The molecular formula is C31H38N4O. The van der Waals surface area contributed by atoms with Crippen LogP contribution in [0, 0.1) is 47.1 Å². The van der Waals surface area contributed by atoms with Crippen LogP contribution in [0.3, 0.4) is 0 Å². The summed E-state index contributed by atoms with van der Waals surface area (Å²) in [5, 5.41) is 0. The summed E-state index contributed by atoms with van der Waals surface area (Å²) in [6.07, 6.45) is 2.43. The molecule has 1 amide bonds. The summed E-state index contributed by atoms with van der Waals surface area (Å²) in [4.78, 5) is 23.2. The summed E-state index contributed by atoms with van der Waals surface area (Å²) >= 11 is 0. The number of aryl methyl sites for hydroxylation is 5. The minimum atomic E-state index is -0.334. The molecule has 1 aliphatic rings. The van der Waals surface area contributed by atoms with Crippen molar-refractivity contribution in [1.82, 2.24) is 9.55 Å². The zero-order chi connectivity index (χ0) is 26.4.